The van der Waals surface area contributed by atoms with E-state index in [1.54, 1.807) is 13.8 Å². The average Bonchev–Trinajstić information content (AvgIpc) is 2.12. The second kappa shape index (κ2) is 4.48. The monoisotopic (exact) mass is 194 g/mol. The van der Waals surface area contributed by atoms with Crippen LogP contribution in [0.5, 0.6) is 0 Å². The number of terminal acetylenes is 1. The molecule has 1 aliphatic heterocycles. The minimum absolute atomic E-state index is 0.320. The van der Waals surface area contributed by atoms with Gasteiger partial charge in [0.05, 0.1) is 6.61 Å². The lowest BCUT2D eigenvalue weighted by molar-refractivity contribution is -0.283. The fourth-order valence-corrected chi connectivity index (χ4v) is 1.31. The molecule has 0 saturated carbocycles. The Labute approximate surface area is 84.4 Å². The maximum Gasteiger partial charge on any atom is 0.163 e. The van der Waals surface area contributed by atoms with Gasteiger partial charge in [-0.1, -0.05) is 5.92 Å². The van der Waals surface area contributed by atoms with Crippen LogP contribution >= 0.6 is 0 Å². The lowest BCUT2D eigenvalue weighted by Gasteiger charge is -2.36. The summed E-state index contributed by atoms with van der Waals surface area (Å²) in [6.45, 7) is 4.17. The van der Waals surface area contributed by atoms with Crippen molar-refractivity contribution < 1.29 is 14.6 Å². The summed E-state index contributed by atoms with van der Waals surface area (Å²) in [4.78, 5) is 0. The maximum atomic E-state index is 9.59. The number of hydrogen-bond acceptors (Lipinski definition) is 3. The third-order valence-electron chi connectivity index (χ3n) is 1.93. The minimum atomic E-state index is -0.839. The van der Waals surface area contributed by atoms with Crippen molar-refractivity contribution in [3.8, 4) is 24.2 Å². The molecule has 2 unspecified atom stereocenters. The van der Waals surface area contributed by atoms with Crippen LogP contribution < -0.4 is 0 Å². The first-order valence-corrected chi connectivity index (χ1v) is 4.51. The number of rotatable bonds is 1. The van der Waals surface area contributed by atoms with Crippen LogP contribution in [-0.4, -0.2) is 29.7 Å². The summed E-state index contributed by atoms with van der Waals surface area (Å²) in [6, 6.07) is 0. The van der Waals surface area contributed by atoms with Gasteiger partial charge in [0.2, 0.25) is 0 Å². The van der Waals surface area contributed by atoms with E-state index in [0.29, 0.717) is 13.0 Å². The van der Waals surface area contributed by atoms with Crippen LogP contribution in [0.2, 0.25) is 0 Å². The quantitative estimate of drug-likeness (QED) is 0.619. The highest BCUT2D eigenvalue weighted by atomic mass is 16.7. The van der Waals surface area contributed by atoms with E-state index >= 15 is 0 Å². The van der Waals surface area contributed by atoms with E-state index in [0.717, 1.165) is 0 Å². The van der Waals surface area contributed by atoms with Gasteiger partial charge in [-0.15, -0.1) is 6.42 Å². The molecular weight excluding hydrogens is 180 g/mol. The Morgan fingerprint density at radius 3 is 2.86 bits per heavy atom. The molecule has 1 rings (SSSR count). The lowest BCUT2D eigenvalue weighted by Crippen LogP contribution is -2.44. The Morgan fingerprint density at radius 2 is 2.29 bits per heavy atom. The first-order chi connectivity index (χ1) is 6.55. The Hall–Kier alpha value is -1.00. The number of hydrogen-bond donors (Lipinski definition) is 1. The van der Waals surface area contributed by atoms with Gasteiger partial charge in [-0.25, -0.2) is 0 Å². The molecule has 0 aromatic rings. The molecule has 0 spiro atoms. The van der Waals surface area contributed by atoms with Crippen molar-refractivity contribution >= 4 is 0 Å². The Kier molecular flexibility index (Phi) is 3.55. The molecule has 1 fully saturated rings. The van der Waals surface area contributed by atoms with Gasteiger partial charge in [0.1, 0.15) is 12.2 Å². The normalized spacial score (nSPS) is 26.9. The zero-order valence-electron chi connectivity index (χ0n) is 8.41. The summed E-state index contributed by atoms with van der Waals surface area (Å²) in [5.74, 6) is 6.41. The van der Waals surface area contributed by atoms with Crippen molar-refractivity contribution in [1.82, 2.24) is 0 Å². The summed E-state index contributed by atoms with van der Waals surface area (Å²) in [5, 5.41) is 9.59. The fourth-order valence-electron chi connectivity index (χ4n) is 1.31. The highest BCUT2D eigenvalue weighted by Crippen LogP contribution is 2.23. The van der Waals surface area contributed by atoms with Crippen LogP contribution in [0.25, 0.3) is 0 Å². The SMILES string of the molecule is C#CC#CC(O)C1CCOC(C)(C)O1. The smallest absolute Gasteiger partial charge is 0.163 e. The zero-order chi connectivity index (χ0) is 10.6. The predicted octanol–water partition coefficient (Wildman–Crippen LogP) is 0.525. The zero-order valence-corrected chi connectivity index (χ0v) is 8.41. The van der Waals surface area contributed by atoms with Gasteiger partial charge < -0.3 is 14.6 Å². The first-order valence-electron chi connectivity index (χ1n) is 4.51. The highest BCUT2D eigenvalue weighted by molar-refractivity contribution is 5.24. The third kappa shape index (κ3) is 3.05. The predicted molar refractivity (Wildman–Crippen MR) is 52.1 cm³/mol. The minimum Gasteiger partial charge on any atom is -0.378 e. The average molecular weight is 194 g/mol. The van der Waals surface area contributed by atoms with Crippen molar-refractivity contribution in [2.24, 2.45) is 0 Å². The molecule has 76 valence electrons. The van der Waals surface area contributed by atoms with E-state index in [9.17, 15) is 5.11 Å². The van der Waals surface area contributed by atoms with E-state index in [-0.39, 0.29) is 6.10 Å². The molecule has 0 radical (unpaired) electrons. The molecule has 1 heterocycles. The van der Waals surface area contributed by atoms with Crippen LogP contribution in [0.3, 0.4) is 0 Å². The van der Waals surface area contributed by atoms with E-state index < -0.39 is 11.9 Å². The van der Waals surface area contributed by atoms with Crippen molar-refractivity contribution in [3.05, 3.63) is 0 Å². The summed E-state index contributed by atoms with van der Waals surface area (Å²) in [7, 11) is 0. The molecule has 1 saturated heterocycles. The van der Waals surface area contributed by atoms with E-state index in [1.165, 1.54) is 0 Å². The van der Waals surface area contributed by atoms with Gasteiger partial charge in [0, 0.05) is 6.42 Å². The van der Waals surface area contributed by atoms with Gasteiger partial charge in [0.15, 0.2) is 5.79 Å². The van der Waals surface area contributed by atoms with Gasteiger partial charge in [-0.2, -0.15) is 0 Å². The first kappa shape index (κ1) is 11.1. The van der Waals surface area contributed by atoms with Gasteiger partial charge in [0.25, 0.3) is 0 Å². The summed E-state index contributed by atoms with van der Waals surface area (Å²) in [5.41, 5.74) is 0. The van der Waals surface area contributed by atoms with Crippen LogP contribution in [-0.2, 0) is 9.47 Å². The molecule has 3 heteroatoms. The number of aliphatic hydroxyl groups excluding tert-OH is 1. The van der Waals surface area contributed by atoms with Crippen molar-refractivity contribution in [2.45, 2.75) is 38.3 Å². The molecule has 3 nitrogen and oxygen atoms in total. The van der Waals surface area contributed by atoms with Crippen LogP contribution in [0, 0.1) is 24.2 Å². The molecule has 0 bridgehead atoms. The second-order valence-electron chi connectivity index (χ2n) is 3.55. The van der Waals surface area contributed by atoms with E-state index in [2.05, 4.69) is 17.8 Å². The fraction of sp³-hybridized carbons (Fsp3) is 0.636. The van der Waals surface area contributed by atoms with Crippen LogP contribution in [0.15, 0.2) is 0 Å². The van der Waals surface area contributed by atoms with Crippen molar-refractivity contribution in [3.63, 3.8) is 0 Å². The molecular formula is C11H14O3. The largest absolute Gasteiger partial charge is 0.378 e. The molecule has 0 aromatic heterocycles. The summed E-state index contributed by atoms with van der Waals surface area (Å²) < 4.78 is 10.8. The summed E-state index contributed by atoms with van der Waals surface area (Å²) >= 11 is 0. The van der Waals surface area contributed by atoms with Crippen molar-refractivity contribution in [1.29, 1.82) is 0 Å². The van der Waals surface area contributed by atoms with Crippen LogP contribution in [0.4, 0.5) is 0 Å². The topological polar surface area (TPSA) is 38.7 Å². The third-order valence-corrected chi connectivity index (χ3v) is 1.93. The van der Waals surface area contributed by atoms with Gasteiger partial charge >= 0.3 is 0 Å². The molecule has 0 aromatic carbocycles. The molecule has 0 amide bonds. The van der Waals surface area contributed by atoms with E-state index in [1.807, 2.05) is 0 Å². The van der Waals surface area contributed by atoms with Gasteiger partial charge in [-0.3, -0.25) is 0 Å². The van der Waals surface area contributed by atoms with Gasteiger partial charge in [-0.05, 0) is 25.7 Å². The van der Waals surface area contributed by atoms with Crippen molar-refractivity contribution in [2.75, 3.05) is 6.61 Å². The highest BCUT2D eigenvalue weighted by Gasteiger charge is 2.32. The van der Waals surface area contributed by atoms with E-state index in [4.69, 9.17) is 15.9 Å². The number of ether oxygens (including phenoxy) is 2. The molecule has 14 heavy (non-hydrogen) atoms. The lowest BCUT2D eigenvalue weighted by atomic mass is 10.1. The maximum absolute atomic E-state index is 9.59. The van der Waals surface area contributed by atoms with Crippen LogP contribution in [0.1, 0.15) is 20.3 Å². The molecule has 1 aliphatic rings. The Balaban J connectivity index is 2.57. The standard InChI is InChI=1S/C11H14O3/c1-4-5-6-9(12)10-7-8-13-11(2,3)14-10/h1,9-10,12H,7-8H2,2-3H3. The number of aliphatic hydroxyl groups is 1. The second-order valence-corrected chi connectivity index (χ2v) is 3.55. The Bertz CT molecular complexity index is 290. The summed E-state index contributed by atoms with van der Waals surface area (Å²) in [6.07, 6.45) is 4.43. The molecule has 2 atom stereocenters. The Morgan fingerprint density at radius 1 is 1.57 bits per heavy atom. The molecule has 0 aliphatic carbocycles. The molecule has 1 N–H and O–H groups in total.